The quantitative estimate of drug-likeness (QED) is 0.335. The van der Waals surface area contributed by atoms with Crippen molar-refractivity contribution in [3.63, 3.8) is 0 Å². The van der Waals surface area contributed by atoms with Crippen molar-refractivity contribution in [3.05, 3.63) is 77.9 Å². The van der Waals surface area contributed by atoms with Crippen LogP contribution in [-0.4, -0.2) is 26.6 Å². The molecule has 1 heterocycles. The van der Waals surface area contributed by atoms with Crippen molar-refractivity contribution in [2.75, 3.05) is 20.8 Å². The Bertz CT molecular complexity index is 1170. The number of carbonyl (C=O) groups is 1. The van der Waals surface area contributed by atoms with Crippen molar-refractivity contribution in [1.29, 1.82) is 0 Å². The van der Waals surface area contributed by atoms with Gasteiger partial charge in [-0.05, 0) is 79.2 Å². The van der Waals surface area contributed by atoms with Gasteiger partial charge in [-0.2, -0.15) is 0 Å². The van der Waals surface area contributed by atoms with Crippen molar-refractivity contribution in [1.82, 2.24) is 0 Å². The Kier molecular flexibility index (Phi) is 5.72. The van der Waals surface area contributed by atoms with Crippen LogP contribution in [0.4, 0.5) is 0 Å². The van der Waals surface area contributed by atoms with Crippen LogP contribution in [0.25, 0.3) is 20.5 Å². The molecule has 4 rings (SSSR count). The molecule has 1 aromatic heterocycles. The average molecular weight is 419 g/mol. The number of hydrogen-bond acceptors (Lipinski definition) is 5. The minimum atomic E-state index is -0.0136. The van der Waals surface area contributed by atoms with Crippen LogP contribution in [-0.2, 0) is 0 Å². The molecule has 0 aliphatic carbocycles. The van der Waals surface area contributed by atoms with Gasteiger partial charge in [-0.3, -0.25) is 4.79 Å². The van der Waals surface area contributed by atoms with Gasteiger partial charge < -0.3 is 14.2 Å². The largest absolute Gasteiger partial charge is 0.497 e. The number of ketones is 1. The second kappa shape index (κ2) is 8.59. The fourth-order valence-electron chi connectivity index (χ4n) is 3.39. The second-order valence-corrected chi connectivity index (χ2v) is 7.74. The maximum absolute atomic E-state index is 13.6. The standard InChI is InChI=1S/C25H22O4S/c1-4-29-19-11-5-16(6-12-19)24(26)23-21-14-13-20(28-3)15-22(21)30-25(23)17-7-9-18(27-2)10-8-17/h5-15H,4H2,1-3H3. The van der Waals surface area contributed by atoms with Crippen molar-refractivity contribution < 1.29 is 19.0 Å². The summed E-state index contributed by atoms with van der Waals surface area (Å²) in [5.41, 5.74) is 2.31. The highest BCUT2D eigenvalue weighted by Crippen LogP contribution is 2.41. The molecule has 0 N–H and O–H groups in total. The molecule has 3 aromatic carbocycles. The van der Waals surface area contributed by atoms with Crippen molar-refractivity contribution in [2.45, 2.75) is 6.92 Å². The summed E-state index contributed by atoms with van der Waals surface area (Å²) in [6.07, 6.45) is 0. The lowest BCUT2D eigenvalue weighted by molar-refractivity contribution is 0.104. The van der Waals surface area contributed by atoms with Crippen molar-refractivity contribution in [3.8, 4) is 27.7 Å². The first-order valence-corrected chi connectivity index (χ1v) is 10.5. The summed E-state index contributed by atoms with van der Waals surface area (Å²) in [4.78, 5) is 14.5. The van der Waals surface area contributed by atoms with Crippen LogP contribution < -0.4 is 14.2 Å². The summed E-state index contributed by atoms with van der Waals surface area (Å²) < 4.78 is 17.2. The molecular formula is C25H22O4S. The van der Waals surface area contributed by atoms with Crippen molar-refractivity contribution >= 4 is 27.2 Å². The van der Waals surface area contributed by atoms with Crippen LogP contribution >= 0.6 is 11.3 Å². The molecule has 0 aliphatic heterocycles. The van der Waals surface area contributed by atoms with E-state index in [0.717, 1.165) is 37.8 Å². The Morgan fingerprint density at radius 2 is 1.47 bits per heavy atom. The number of thiophene rings is 1. The van der Waals surface area contributed by atoms with Gasteiger partial charge in [0.15, 0.2) is 5.78 Å². The first kappa shape index (κ1) is 20.0. The third-order valence-electron chi connectivity index (χ3n) is 4.90. The first-order valence-electron chi connectivity index (χ1n) is 9.67. The monoisotopic (exact) mass is 418 g/mol. The van der Waals surface area contributed by atoms with E-state index in [9.17, 15) is 4.79 Å². The highest BCUT2D eigenvalue weighted by molar-refractivity contribution is 7.22. The van der Waals surface area contributed by atoms with Gasteiger partial charge in [0.25, 0.3) is 0 Å². The predicted octanol–water partition coefficient (Wildman–Crippen LogP) is 6.22. The third-order valence-corrected chi connectivity index (χ3v) is 6.11. The van der Waals surface area contributed by atoms with Crippen molar-refractivity contribution in [2.24, 2.45) is 0 Å². The summed E-state index contributed by atoms with van der Waals surface area (Å²) in [5, 5.41) is 0.922. The van der Waals surface area contributed by atoms with Crippen LogP contribution in [0.2, 0.25) is 0 Å². The normalized spacial score (nSPS) is 10.8. The molecule has 4 aromatic rings. The molecule has 0 atom stereocenters. The molecule has 0 bridgehead atoms. The van der Waals surface area contributed by atoms with E-state index in [1.165, 1.54) is 0 Å². The SMILES string of the molecule is CCOc1ccc(C(=O)c2c(-c3ccc(OC)cc3)sc3cc(OC)ccc23)cc1. The summed E-state index contributed by atoms with van der Waals surface area (Å²) in [6, 6.07) is 20.9. The molecule has 0 radical (unpaired) electrons. The molecule has 0 amide bonds. The van der Waals surface area contributed by atoms with Gasteiger partial charge in [0.05, 0.1) is 20.8 Å². The van der Waals surface area contributed by atoms with Gasteiger partial charge in [0.2, 0.25) is 0 Å². The van der Waals surface area contributed by atoms with Gasteiger partial charge in [-0.15, -0.1) is 11.3 Å². The van der Waals surface area contributed by atoms with E-state index >= 15 is 0 Å². The molecule has 152 valence electrons. The summed E-state index contributed by atoms with van der Waals surface area (Å²) >= 11 is 1.59. The zero-order valence-electron chi connectivity index (χ0n) is 17.1. The molecule has 30 heavy (non-hydrogen) atoms. The fraction of sp³-hybridized carbons (Fsp3) is 0.160. The number of rotatable bonds is 7. The Morgan fingerprint density at radius 1 is 0.833 bits per heavy atom. The van der Waals surface area contributed by atoms with Gasteiger partial charge in [-0.25, -0.2) is 0 Å². The van der Waals surface area contributed by atoms with Crippen LogP contribution in [0.15, 0.2) is 66.7 Å². The van der Waals surface area contributed by atoms with E-state index < -0.39 is 0 Å². The molecule has 0 aliphatic rings. The van der Waals surface area contributed by atoms with E-state index in [-0.39, 0.29) is 5.78 Å². The number of hydrogen-bond donors (Lipinski definition) is 0. The first-order chi connectivity index (χ1) is 14.6. The number of ether oxygens (including phenoxy) is 3. The van der Waals surface area contributed by atoms with Crippen LogP contribution in [0, 0.1) is 0 Å². The lowest BCUT2D eigenvalue weighted by atomic mass is 9.97. The number of carbonyl (C=O) groups excluding carboxylic acids is 1. The minimum Gasteiger partial charge on any atom is -0.497 e. The van der Waals surface area contributed by atoms with Gasteiger partial charge in [0.1, 0.15) is 17.2 Å². The van der Waals surface area contributed by atoms with E-state index in [1.807, 2.05) is 73.7 Å². The molecule has 0 spiro atoms. The Morgan fingerprint density at radius 3 is 2.10 bits per heavy atom. The molecular weight excluding hydrogens is 396 g/mol. The van der Waals surface area contributed by atoms with Gasteiger partial charge >= 0.3 is 0 Å². The Labute approximate surface area is 179 Å². The highest BCUT2D eigenvalue weighted by Gasteiger charge is 2.22. The smallest absolute Gasteiger partial charge is 0.195 e. The molecule has 4 nitrogen and oxygen atoms in total. The van der Waals surface area contributed by atoms with E-state index in [0.29, 0.717) is 17.7 Å². The molecule has 5 heteroatoms. The molecule has 0 fully saturated rings. The highest BCUT2D eigenvalue weighted by atomic mass is 32.1. The molecule has 0 saturated heterocycles. The third kappa shape index (κ3) is 3.76. The molecule has 0 unspecified atom stereocenters. The second-order valence-electron chi connectivity index (χ2n) is 6.68. The van der Waals surface area contributed by atoms with E-state index in [1.54, 1.807) is 25.6 Å². The predicted molar refractivity (Wildman–Crippen MR) is 121 cm³/mol. The maximum Gasteiger partial charge on any atom is 0.195 e. The summed E-state index contributed by atoms with van der Waals surface area (Å²) in [5.74, 6) is 2.29. The lowest BCUT2D eigenvalue weighted by Gasteiger charge is -2.08. The van der Waals surface area contributed by atoms with E-state index in [4.69, 9.17) is 14.2 Å². The lowest BCUT2D eigenvalue weighted by Crippen LogP contribution is -2.02. The fourth-order valence-corrected chi connectivity index (χ4v) is 4.62. The van der Waals surface area contributed by atoms with Gasteiger partial charge in [0, 0.05) is 26.1 Å². The minimum absolute atomic E-state index is 0.0136. The zero-order chi connectivity index (χ0) is 21.1. The molecule has 0 saturated carbocycles. The van der Waals surface area contributed by atoms with Crippen LogP contribution in [0.3, 0.4) is 0 Å². The average Bonchev–Trinajstić information content (AvgIpc) is 3.18. The van der Waals surface area contributed by atoms with E-state index in [2.05, 4.69) is 0 Å². The summed E-state index contributed by atoms with van der Waals surface area (Å²) in [6.45, 7) is 2.53. The number of methoxy groups -OCH3 is 2. The van der Waals surface area contributed by atoms with Gasteiger partial charge in [-0.1, -0.05) is 0 Å². The van der Waals surface area contributed by atoms with Crippen LogP contribution in [0.5, 0.6) is 17.2 Å². The topological polar surface area (TPSA) is 44.8 Å². The number of benzene rings is 3. The summed E-state index contributed by atoms with van der Waals surface area (Å²) in [7, 11) is 3.28. The Balaban J connectivity index is 1.86. The Hall–Kier alpha value is -3.31. The van der Waals surface area contributed by atoms with Crippen LogP contribution in [0.1, 0.15) is 22.8 Å². The number of fused-ring (bicyclic) bond motifs is 1. The zero-order valence-corrected chi connectivity index (χ0v) is 17.9. The maximum atomic E-state index is 13.6.